The monoisotopic (exact) mass is 376 g/mol. The molecule has 1 atom stereocenters. The molecular weight excluding hydrogens is 352 g/mol. The number of amides is 1. The van der Waals surface area contributed by atoms with Gasteiger partial charge in [-0.1, -0.05) is 29.8 Å². The molecule has 1 fully saturated rings. The van der Waals surface area contributed by atoms with Crippen molar-refractivity contribution in [2.45, 2.75) is 32.2 Å². The van der Waals surface area contributed by atoms with Crippen LogP contribution in [0.1, 0.15) is 35.3 Å². The first kappa shape index (κ1) is 18.6. The predicted molar refractivity (Wildman–Crippen MR) is 100 cm³/mol. The van der Waals surface area contributed by atoms with E-state index in [1.165, 1.54) is 0 Å². The van der Waals surface area contributed by atoms with Crippen molar-refractivity contribution in [2.24, 2.45) is 0 Å². The fourth-order valence-corrected chi connectivity index (χ4v) is 3.68. The third-order valence-corrected chi connectivity index (χ3v) is 5.32. The zero-order valence-corrected chi connectivity index (χ0v) is 15.8. The second kappa shape index (κ2) is 7.59. The molecule has 1 amide bonds. The Morgan fingerprint density at radius 1 is 1.31 bits per heavy atom. The number of nitrogens with one attached hydrogen (secondary N) is 2. The molecule has 1 aliphatic rings. The van der Waals surface area contributed by atoms with Crippen LogP contribution in [0.2, 0.25) is 0 Å². The Labute approximate surface area is 153 Å². The predicted octanol–water partition coefficient (Wildman–Crippen LogP) is 1.93. The highest BCUT2D eigenvalue weighted by atomic mass is 32.2. The van der Waals surface area contributed by atoms with Gasteiger partial charge in [-0.25, -0.2) is 13.1 Å². The Morgan fingerprint density at radius 2 is 2.04 bits per heavy atom. The maximum Gasteiger partial charge on any atom is 0.272 e. The third-order valence-electron chi connectivity index (χ3n) is 4.62. The highest BCUT2D eigenvalue weighted by molar-refractivity contribution is 7.88. The van der Waals surface area contributed by atoms with E-state index in [1.54, 1.807) is 11.0 Å². The number of piperidine rings is 1. The molecule has 140 valence electrons. The zero-order valence-electron chi connectivity index (χ0n) is 15.0. The number of hydrogen-bond acceptors (Lipinski definition) is 4. The number of H-pyrrole nitrogens is 1. The van der Waals surface area contributed by atoms with Crippen LogP contribution < -0.4 is 4.72 Å². The summed E-state index contributed by atoms with van der Waals surface area (Å²) in [6, 6.07) is 9.56. The topological polar surface area (TPSA) is 95.2 Å². The van der Waals surface area contributed by atoms with Crippen molar-refractivity contribution in [1.82, 2.24) is 19.8 Å². The van der Waals surface area contributed by atoms with Gasteiger partial charge in [0, 0.05) is 24.7 Å². The number of sulfonamides is 1. The molecule has 1 saturated heterocycles. The molecule has 8 heteroatoms. The summed E-state index contributed by atoms with van der Waals surface area (Å²) in [5.74, 6) is -0.143. The Balaban J connectivity index is 1.75. The number of benzene rings is 1. The van der Waals surface area contributed by atoms with Gasteiger partial charge in [-0.15, -0.1) is 0 Å². The SMILES string of the molecule is Cc1ccc(-c2cc(C(=O)N3CCCCC3CNS(C)(=O)=O)[nH]n2)cc1. The number of likely N-dealkylation sites (tertiary alicyclic amines) is 1. The Bertz CT molecular complexity index is 874. The van der Waals surface area contributed by atoms with Gasteiger partial charge in [-0.2, -0.15) is 5.10 Å². The van der Waals surface area contributed by atoms with Crippen LogP contribution in [0.25, 0.3) is 11.3 Å². The smallest absolute Gasteiger partial charge is 0.272 e. The van der Waals surface area contributed by atoms with E-state index in [-0.39, 0.29) is 18.5 Å². The van der Waals surface area contributed by atoms with Gasteiger partial charge in [0.1, 0.15) is 5.69 Å². The lowest BCUT2D eigenvalue weighted by atomic mass is 10.0. The van der Waals surface area contributed by atoms with E-state index in [9.17, 15) is 13.2 Å². The molecular formula is C18H24N4O3S. The number of hydrogen-bond donors (Lipinski definition) is 2. The summed E-state index contributed by atoms with van der Waals surface area (Å²) in [6.07, 6.45) is 3.81. The lowest BCUT2D eigenvalue weighted by Crippen LogP contribution is -2.49. The Hall–Kier alpha value is -2.19. The number of aryl methyl sites for hydroxylation is 1. The standard InChI is InChI=1S/C18H24N4O3S/c1-13-6-8-14(9-7-13)16-11-17(21-20-16)18(23)22-10-4-3-5-15(22)12-19-26(2,24)25/h6-9,11,15,19H,3-5,10,12H2,1-2H3,(H,20,21). The van der Waals surface area contributed by atoms with E-state index in [1.807, 2.05) is 31.2 Å². The minimum Gasteiger partial charge on any atom is -0.333 e. The van der Waals surface area contributed by atoms with Gasteiger partial charge in [-0.3, -0.25) is 9.89 Å². The molecule has 1 aliphatic heterocycles. The van der Waals surface area contributed by atoms with Gasteiger partial charge in [0.25, 0.3) is 5.91 Å². The average Bonchev–Trinajstić information content (AvgIpc) is 3.10. The van der Waals surface area contributed by atoms with Crippen LogP contribution in [-0.4, -0.2) is 54.8 Å². The minimum absolute atomic E-state index is 0.142. The Morgan fingerprint density at radius 3 is 2.73 bits per heavy atom. The highest BCUT2D eigenvalue weighted by Gasteiger charge is 2.29. The minimum atomic E-state index is -3.28. The summed E-state index contributed by atoms with van der Waals surface area (Å²) in [5, 5.41) is 7.09. The zero-order chi connectivity index (χ0) is 18.7. The van der Waals surface area contributed by atoms with Crippen molar-refractivity contribution in [3.05, 3.63) is 41.6 Å². The molecule has 1 aromatic carbocycles. The first-order valence-corrected chi connectivity index (χ1v) is 10.6. The van der Waals surface area contributed by atoms with E-state index in [2.05, 4.69) is 14.9 Å². The van der Waals surface area contributed by atoms with Crippen molar-refractivity contribution in [3.63, 3.8) is 0 Å². The Kier molecular flexibility index (Phi) is 5.43. The molecule has 0 bridgehead atoms. The number of carbonyl (C=O) groups is 1. The molecule has 0 aliphatic carbocycles. The van der Waals surface area contributed by atoms with Gasteiger partial charge in [0.15, 0.2) is 0 Å². The number of aromatic amines is 1. The molecule has 1 aromatic heterocycles. The second-order valence-electron chi connectivity index (χ2n) is 6.80. The summed E-state index contributed by atoms with van der Waals surface area (Å²) >= 11 is 0. The average molecular weight is 376 g/mol. The van der Waals surface area contributed by atoms with Crippen LogP contribution in [0.15, 0.2) is 30.3 Å². The normalized spacial score (nSPS) is 18.1. The van der Waals surface area contributed by atoms with E-state index < -0.39 is 10.0 Å². The highest BCUT2D eigenvalue weighted by Crippen LogP contribution is 2.22. The van der Waals surface area contributed by atoms with Crippen LogP contribution in [0.5, 0.6) is 0 Å². The van der Waals surface area contributed by atoms with E-state index >= 15 is 0 Å². The van der Waals surface area contributed by atoms with Gasteiger partial charge in [-0.05, 0) is 32.3 Å². The molecule has 2 N–H and O–H groups in total. The summed E-state index contributed by atoms with van der Waals surface area (Å²) in [4.78, 5) is 14.7. The van der Waals surface area contributed by atoms with E-state index in [0.717, 1.165) is 42.3 Å². The maximum atomic E-state index is 12.9. The first-order valence-electron chi connectivity index (χ1n) is 8.71. The van der Waals surface area contributed by atoms with Crippen molar-refractivity contribution in [1.29, 1.82) is 0 Å². The molecule has 0 radical (unpaired) electrons. The number of rotatable bonds is 5. The van der Waals surface area contributed by atoms with Gasteiger partial charge in [0.2, 0.25) is 10.0 Å². The lowest BCUT2D eigenvalue weighted by Gasteiger charge is -2.35. The fraction of sp³-hybridized carbons (Fsp3) is 0.444. The molecule has 1 unspecified atom stereocenters. The van der Waals surface area contributed by atoms with E-state index in [4.69, 9.17) is 0 Å². The summed E-state index contributed by atoms with van der Waals surface area (Å²) in [6.45, 7) is 2.88. The molecule has 0 spiro atoms. The van der Waals surface area contributed by atoms with Crippen LogP contribution >= 0.6 is 0 Å². The van der Waals surface area contributed by atoms with Gasteiger partial charge in [0.05, 0.1) is 11.9 Å². The largest absolute Gasteiger partial charge is 0.333 e. The van der Waals surface area contributed by atoms with Crippen LogP contribution in [0, 0.1) is 6.92 Å². The van der Waals surface area contributed by atoms with Crippen LogP contribution in [-0.2, 0) is 10.0 Å². The number of aromatic nitrogens is 2. The second-order valence-corrected chi connectivity index (χ2v) is 8.63. The number of nitrogens with zero attached hydrogens (tertiary/aromatic N) is 2. The molecule has 26 heavy (non-hydrogen) atoms. The maximum absolute atomic E-state index is 12.9. The van der Waals surface area contributed by atoms with Gasteiger partial charge >= 0.3 is 0 Å². The molecule has 2 aromatic rings. The fourth-order valence-electron chi connectivity index (χ4n) is 3.19. The van der Waals surface area contributed by atoms with Gasteiger partial charge < -0.3 is 4.90 Å². The lowest BCUT2D eigenvalue weighted by molar-refractivity contribution is 0.0612. The molecule has 0 saturated carbocycles. The van der Waals surface area contributed by atoms with E-state index in [0.29, 0.717) is 12.2 Å². The summed E-state index contributed by atoms with van der Waals surface area (Å²) in [5.41, 5.74) is 3.25. The quantitative estimate of drug-likeness (QED) is 0.833. The van der Waals surface area contributed by atoms with Crippen LogP contribution in [0.3, 0.4) is 0 Å². The van der Waals surface area contributed by atoms with Crippen molar-refractivity contribution < 1.29 is 13.2 Å². The molecule has 3 rings (SSSR count). The molecule has 7 nitrogen and oxygen atoms in total. The summed E-state index contributed by atoms with van der Waals surface area (Å²) in [7, 11) is -3.28. The first-order chi connectivity index (χ1) is 12.3. The van der Waals surface area contributed by atoms with Crippen molar-refractivity contribution in [3.8, 4) is 11.3 Å². The summed E-state index contributed by atoms with van der Waals surface area (Å²) < 4.78 is 25.3. The molecule has 2 heterocycles. The number of carbonyl (C=O) groups excluding carboxylic acids is 1. The van der Waals surface area contributed by atoms with Crippen molar-refractivity contribution in [2.75, 3.05) is 19.3 Å². The van der Waals surface area contributed by atoms with Crippen molar-refractivity contribution >= 4 is 15.9 Å². The third kappa shape index (κ3) is 4.50. The van der Waals surface area contributed by atoms with Crippen LogP contribution in [0.4, 0.5) is 0 Å².